The van der Waals surface area contributed by atoms with Crippen LogP contribution in [0.2, 0.25) is 0 Å². The molecule has 3 rings (SSSR count). The Morgan fingerprint density at radius 2 is 2.00 bits per heavy atom. The molecule has 118 valence electrons. The van der Waals surface area contributed by atoms with Gasteiger partial charge >= 0.3 is 0 Å². The van der Waals surface area contributed by atoms with E-state index in [0.717, 1.165) is 42.1 Å². The van der Waals surface area contributed by atoms with E-state index in [1.54, 1.807) is 0 Å². The molecule has 0 atom stereocenters. The molecular formula is C17H22BrN3O. The normalized spacial score (nSPS) is 19.6. The second-order valence-corrected chi connectivity index (χ2v) is 6.81. The molecule has 0 amide bonds. The summed E-state index contributed by atoms with van der Waals surface area (Å²) < 4.78 is 6.85. The van der Waals surface area contributed by atoms with Crippen molar-refractivity contribution in [2.75, 3.05) is 26.2 Å². The van der Waals surface area contributed by atoms with Crippen LogP contribution >= 0.6 is 15.9 Å². The predicted molar refractivity (Wildman–Crippen MR) is 92.8 cm³/mol. The maximum Gasteiger partial charge on any atom is 0.227 e. The maximum atomic E-state index is 5.82. The van der Waals surface area contributed by atoms with E-state index in [2.05, 4.69) is 43.3 Å². The highest BCUT2D eigenvalue weighted by Gasteiger charge is 2.19. The number of nitrogens with one attached hydrogen (secondary N) is 1. The van der Waals surface area contributed by atoms with Gasteiger partial charge in [0, 0.05) is 6.54 Å². The molecule has 0 radical (unpaired) electrons. The lowest BCUT2D eigenvalue weighted by Gasteiger charge is -2.30. The first-order valence-corrected chi connectivity index (χ1v) is 8.65. The summed E-state index contributed by atoms with van der Waals surface area (Å²) in [6.45, 7) is 4.75. The average molecular weight is 364 g/mol. The highest BCUT2D eigenvalue weighted by atomic mass is 79.9. The number of hydrogen-bond donors (Lipinski definition) is 1. The fourth-order valence-electron chi connectivity index (χ4n) is 2.84. The standard InChI is InChI=1S/C17H22BrN3O/c18-16-11-21(10-14-6-8-19-9-7-14)13-20-17(16)22-12-15-4-2-1-3-5-15/h1-5,13-14,19H,6-12H2. The lowest BCUT2D eigenvalue weighted by molar-refractivity contribution is 0.189. The molecule has 0 bridgehead atoms. The van der Waals surface area contributed by atoms with Gasteiger partial charge in [0.15, 0.2) is 0 Å². The summed E-state index contributed by atoms with van der Waals surface area (Å²) in [5.41, 5.74) is 1.16. The van der Waals surface area contributed by atoms with Crippen molar-refractivity contribution in [3.63, 3.8) is 0 Å². The van der Waals surface area contributed by atoms with Gasteiger partial charge in [-0.25, -0.2) is 4.99 Å². The Labute approximate surface area is 140 Å². The number of nitrogens with zero attached hydrogens (tertiary/aromatic N) is 2. The highest BCUT2D eigenvalue weighted by molar-refractivity contribution is 9.11. The molecule has 1 saturated heterocycles. The number of hydrogen-bond acceptors (Lipinski definition) is 4. The van der Waals surface area contributed by atoms with Crippen molar-refractivity contribution >= 4 is 22.3 Å². The molecule has 0 saturated carbocycles. The molecular weight excluding hydrogens is 342 g/mol. The van der Waals surface area contributed by atoms with Gasteiger partial charge in [-0.05, 0) is 53.3 Å². The van der Waals surface area contributed by atoms with Gasteiger partial charge in [-0.2, -0.15) is 0 Å². The van der Waals surface area contributed by atoms with Crippen molar-refractivity contribution < 1.29 is 4.74 Å². The van der Waals surface area contributed by atoms with Crippen molar-refractivity contribution in [2.45, 2.75) is 19.4 Å². The van der Waals surface area contributed by atoms with E-state index >= 15 is 0 Å². The quantitative estimate of drug-likeness (QED) is 0.872. The van der Waals surface area contributed by atoms with Gasteiger partial charge in [0.05, 0.1) is 17.4 Å². The third-order valence-corrected chi connectivity index (χ3v) is 4.67. The van der Waals surface area contributed by atoms with Gasteiger partial charge in [0.2, 0.25) is 5.88 Å². The van der Waals surface area contributed by atoms with Gasteiger partial charge in [0.25, 0.3) is 0 Å². The zero-order chi connectivity index (χ0) is 15.2. The molecule has 0 unspecified atom stereocenters. The van der Waals surface area contributed by atoms with Crippen molar-refractivity contribution in [1.29, 1.82) is 0 Å². The molecule has 1 N–H and O–H groups in total. The highest BCUT2D eigenvalue weighted by Crippen LogP contribution is 2.22. The average Bonchev–Trinajstić information content (AvgIpc) is 2.56. The largest absolute Gasteiger partial charge is 0.472 e. The summed E-state index contributed by atoms with van der Waals surface area (Å²) in [6.07, 6.45) is 4.43. The molecule has 4 nitrogen and oxygen atoms in total. The summed E-state index contributed by atoms with van der Waals surface area (Å²) in [4.78, 5) is 6.74. The molecule has 0 spiro atoms. The fraction of sp³-hybridized carbons (Fsp3) is 0.471. The predicted octanol–water partition coefficient (Wildman–Crippen LogP) is 3.11. The van der Waals surface area contributed by atoms with Crippen LogP contribution in [0.25, 0.3) is 0 Å². The van der Waals surface area contributed by atoms with E-state index in [0.29, 0.717) is 12.5 Å². The Hall–Kier alpha value is -1.33. The Kier molecular flexibility index (Phi) is 5.51. The van der Waals surface area contributed by atoms with Crippen LogP contribution in [-0.2, 0) is 11.3 Å². The Balaban J connectivity index is 1.50. The fourth-order valence-corrected chi connectivity index (χ4v) is 3.38. The third kappa shape index (κ3) is 4.34. The van der Waals surface area contributed by atoms with Gasteiger partial charge in [0.1, 0.15) is 6.61 Å². The molecule has 2 heterocycles. The lowest BCUT2D eigenvalue weighted by Crippen LogP contribution is -2.37. The van der Waals surface area contributed by atoms with Crippen molar-refractivity contribution in [3.8, 4) is 0 Å². The van der Waals surface area contributed by atoms with Gasteiger partial charge in [-0.1, -0.05) is 30.3 Å². The zero-order valence-corrected chi connectivity index (χ0v) is 14.3. The maximum absolute atomic E-state index is 5.82. The molecule has 1 aromatic rings. The van der Waals surface area contributed by atoms with Crippen LogP contribution in [0.5, 0.6) is 0 Å². The third-order valence-electron chi connectivity index (χ3n) is 4.08. The van der Waals surface area contributed by atoms with Crippen molar-refractivity contribution in [3.05, 3.63) is 46.3 Å². The Morgan fingerprint density at radius 3 is 2.73 bits per heavy atom. The summed E-state index contributed by atoms with van der Waals surface area (Å²) >= 11 is 3.62. The molecule has 1 fully saturated rings. The Bertz CT molecular complexity index is 538. The number of rotatable bonds is 5. The lowest BCUT2D eigenvalue weighted by atomic mass is 9.98. The SMILES string of the molecule is BrC1=C(OCc2ccccc2)N=CN(CC2CCNCC2)C1. The first kappa shape index (κ1) is 15.6. The molecule has 2 aliphatic rings. The number of benzene rings is 1. The molecule has 1 aromatic carbocycles. The summed E-state index contributed by atoms with van der Waals surface area (Å²) in [5.74, 6) is 1.46. The Morgan fingerprint density at radius 1 is 1.23 bits per heavy atom. The van der Waals surface area contributed by atoms with Crippen LogP contribution in [0.4, 0.5) is 0 Å². The van der Waals surface area contributed by atoms with Crippen molar-refractivity contribution in [1.82, 2.24) is 10.2 Å². The minimum atomic E-state index is 0.552. The minimum Gasteiger partial charge on any atom is -0.472 e. The molecule has 22 heavy (non-hydrogen) atoms. The number of aliphatic imine (C=N–C) groups is 1. The smallest absolute Gasteiger partial charge is 0.227 e. The van der Waals surface area contributed by atoms with Gasteiger partial charge in [-0.15, -0.1) is 0 Å². The summed E-state index contributed by atoms with van der Waals surface area (Å²) in [6, 6.07) is 10.2. The van der Waals surface area contributed by atoms with Crippen LogP contribution in [0, 0.1) is 5.92 Å². The summed E-state index contributed by atoms with van der Waals surface area (Å²) in [5, 5.41) is 3.41. The van der Waals surface area contributed by atoms with Crippen LogP contribution in [0.1, 0.15) is 18.4 Å². The minimum absolute atomic E-state index is 0.552. The second kappa shape index (κ2) is 7.79. The monoisotopic (exact) mass is 363 g/mol. The van der Waals surface area contributed by atoms with E-state index in [9.17, 15) is 0 Å². The van der Waals surface area contributed by atoms with E-state index in [1.807, 2.05) is 24.5 Å². The first-order valence-electron chi connectivity index (χ1n) is 7.85. The van der Waals surface area contributed by atoms with Crippen LogP contribution in [-0.4, -0.2) is 37.4 Å². The van der Waals surface area contributed by atoms with Crippen LogP contribution in [0.15, 0.2) is 45.7 Å². The second-order valence-electron chi connectivity index (χ2n) is 5.85. The van der Waals surface area contributed by atoms with E-state index in [1.165, 1.54) is 12.8 Å². The van der Waals surface area contributed by atoms with Crippen LogP contribution < -0.4 is 5.32 Å². The first-order chi connectivity index (χ1) is 10.8. The number of piperidine rings is 1. The van der Waals surface area contributed by atoms with E-state index < -0.39 is 0 Å². The zero-order valence-electron chi connectivity index (χ0n) is 12.7. The van der Waals surface area contributed by atoms with Crippen LogP contribution in [0.3, 0.4) is 0 Å². The molecule has 5 heteroatoms. The van der Waals surface area contributed by atoms with E-state index in [4.69, 9.17) is 4.74 Å². The van der Waals surface area contributed by atoms with Gasteiger partial charge in [-0.3, -0.25) is 0 Å². The van der Waals surface area contributed by atoms with Gasteiger partial charge < -0.3 is 15.0 Å². The number of halogens is 1. The molecule has 2 aliphatic heterocycles. The molecule has 0 aliphatic carbocycles. The van der Waals surface area contributed by atoms with E-state index in [-0.39, 0.29) is 0 Å². The van der Waals surface area contributed by atoms with Crippen molar-refractivity contribution in [2.24, 2.45) is 10.9 Å². The molecule has 0 aromatic heterocycles. The topological polar surface area (TPSA) is 36.9 Å². The number of ether oxygens (including phenoxy) is 1. The summed E-state index contributed by atoms with van der Waals surface area (Å²) in [7, 11) is 0.